The Labute approximate surface area is 192 Å². The SMILES string of the molecule is CC1=C(Br)C(=O)C(Br)=C(C)C1=NC(=NS(=O)(=O)c1ccc(C)cc1)c1ccccc1. The number of Topliss-reactive ketones (excluding diaryl/α,β-unsaturated/α-hetero) is 1. The number of carbonyl (C=O) groups is 1. The van der Waals surface area contributed by atoms with Crippen LogP contribution in [0.3, 0.4) is 0 Å². The molecule has 0 saturated heterocycles. The lowest BCUT2D eigenvalue weighted by atomic mass is 9.97. The summed E-state index contributed by atoms with van der Waals surface area (Å²) < 4.78 is 30.7. The highest BCUT2D eigenvalue weighted by molar-refractivity contribution is 9.13. The van der Waals surface area contributed by atoms with Crippen LogP contribution in [-0.2, 0) is 14.8 Å². The van der Waals surface area contributed by atoms with Gasteiger partial charge >= 0.3 is 0 Å². The Morgan fingerprint density at radius 1 is 0.833 bits per heavy atom. The average molecular weight is 550 g/mol. The minimum absolute atomic E-state index is 0.0415. The van der Waals surface area contributed by atoms with Gasteiger partial charge in [0, 0.05) is 5.56 Å². The van der Waals surface area contributed by atoms with Gasteiger partial charge in [-0.15, -0.1) is 4.40 Å². The number of sulfonamides is 1. The van der Waals surface area contributed by atoms with E-state index in [-0.39, 0.29) is 16.5 Å². The number of ketones is 1. The first kappa shape index (κ1) is 22.5. The van der Waals surface area contributed by atoms with Gasteiger partial charge in [-0.1, -0.05) is 48.0 Å². The molecule has 0 N–H and O–H groups in total. The number of aliphatic imine (C=N–C) groups is 1. The Morgan fingerprint density at radius 3 is 1.90 bits per heavy atom. The third-order valence-corrected chi connectivity index (χ3v) is 7.73. The number of rotatable bonds is 3. The molecular weight excluding hydrogens is 532 g/mol. The summed E-state index contributed by atoms with van der Waals surface area (Å²) in [5.74, 6) is -0.144. The summed E-state index contributed by atoms with van der Waals surface area (Å²) in [7, 11) is -3.99. The predicted octanol–water partition coefficient (Wildman–Crippen LogP) is 5.49. The molecule has 0 saturated carbocycles. The molecule has 2 aromatic carbocycles. The van der Waals surface area contributed by atoms with Crippen molar-refractivity contribution >= 4 is 59.2 Å². The number of nitrogens with zero attached hydrogens (tertiary/aromatic N) is 2. The van der Waals surface area contributed by atoms with E-state index >= 15 is 0 Å². The molecule has 3 rings (SSSR count). The quantitative estimate of drug-likeness (QED) is 0.288. The van der Waals surface area contributed by atoms with E-state index in [1.54, 1.807) is 50.2 Å². The molecule has 0 aromatic heterocycles. The molecule has 0 spiro atoms. The van der Waals surface area contributed by atoms with Crippen LogP contribution < -0.4 is 0 Å². The van der Waals surface area contributed by atoms with Gasteiger partial charge in [-0.2, -0.15) is 8.42 Å². The van der Waals surface area contributed by atoms with Crippen molar-refractivity contribution in [2.24, 2.45) is 9.39 Å². The van der Waals surface area contributed by atoms with Gasteiger partial charge < -0.3 is 0 Å². The Hall–Kier alpha value is -2.16. The van der Waals surface area contributed by atoms with Gasteiger partial charge in [0.1, 0.15) is 0 Å². The third-order valence-electron chi connectivity index (χ3n) is 4.54. The van der Waals surface area contributed by atoms with Crippen molar-refractivity contribution in [1.82, 2.24) is 0 Å². The van der Waals surface area contributed by atoms with Crippen molar-refractivity contribution in [3.8, 4) is 0 Å². The van der Waals surface area contributed by atoms with E-state index in [0.29, 0.717) is 31.4 Å². The number of halogens is 2. The Bertz CT molecular complexity index is 1210. The van der Waals surface area contributed by atoms with Gasteiger partial charge in [0.05, 0.1) is 19.6 Å². The van der Waals surface area contributed by atoms with Crippen molar-refractivity contribution < 1.29 is 13.2 Å². The molecule has 154 valence electrons. The third kappa shape index (κ3) is 4.61. The van der Waals surface area contributed by atoms with Crippen LogP contribution >= 0.6 is 31.9 Å². The first-order valence-corrected chi connectivity index (χ1v) is 12.0. The average Bonchev–Trinajstić information content (AvgIpc) is 2.74. The van der Waals surface area contributed by atoms with E-state index in [2.05, 4.69) is 41.3 Å². The standard InChI is InChI=1S/C22H18Br2N2O3S/c1-13-9-11-17(12-10-13)30(28,29)26-22(16-7-5-4-6-8-16)25-20-14(2)18(23)21(27)19(24)15(20)3/h4-12H,1-3H3. The zero-order valence-electron chi connectivity index (χ0n) is 16.5. The minimum Gasteiger partial charge on any atom is -0.287 e. The molecule has 0 amide bonds. The second kappa shape index (κ2) is 8.91. The van der Waals surface area contributed by atoms with E-state index in [0.717, 1.165) is 5.56 Å². The van der Waals surface area contributed by atoms with Crippen molar-refractivity contribution in [1.29, 1.82) is 0 Å². The Kier molecular flexibility index (Phi) is 6.69. The molecule has 0 atom stereocenters. The lowest BCUT2D eigenvalue weighted by Gasteiger charge is -2.18. The molecule has 0 aliphatic heterocycles. The van der Waals surface area contributed by atoms with Crippen LogP contribution in [0.15, 0.2) is 89.0 Å². The molecule has 0 radical (unpaired) electrons. The number of allylic oxidation sites excluding steroid dienone is 4. The maximum absolute atomic E-state index is 13.0. The summed E-state index contributed by atoms with van der Waals surface area (Å²) in [6, 6.07) is 15.4. The fourth-order valence-electron chi connectivity index (χ4n) is 2.80. The van der Waals surface area contributed by atoms with Crippen molar-refractivity contribution in [2.45, 2.75) is 25.7 Å². The first-order valence-electron chi connectivity index (χ1n) is 8.95. The molecule has 30 heavy (non-hydrogen) atoms. The summed E-state index contributed by atoms with van der Waals surface area (Å²) in [6.07, 6.45) is 0. The van der Waals surface area contributed by atoms with Crippen LogP contribution in [0.2, 0.25) is 0 Å². The van der Waals surface area contributed by atoms with E-state index in [1.807, 2.05) is 13.0 Å². The summed E-state index contributed by atoms with van der Waals surface area (Å²) in [5.41, 5.74) is 3.19. The summed E-state index contributed by atoms with van der Waals surface area (Å²) >= 11 is 6.61. The number of benzene rings is 2. The van der Waals surface area contributed by atoms with Crippen LogP contribution in [0.25, 0.3) is 0 Å². The van der Waals surface area contributed by atoms with Gasteiger partial charge in [-0.3, -0.25) is 4.79 Å². The van der Waals surface area contributed by atoms with Gasteiger partial charge in [0.25, 0.3) is 10.0 Å². The number of aryl methyl sites for hydroxylation is 1. The van der Waals surface area contributed by atoms with E-state index in [9.17, 15) is 13.2 Å². The van der Waals surface area contributed by atoms with Crippen LogP contribution in [0.1, 0.15) is 25.0 Å². The van der Waals surface area contributed by atoms with Crippen molar-refractivity contribution in [2.75, 3.05) is 0 Å². The zero-order valence-corrected chi connectivity index (χ0v) is 20.5. The number of hydrogen-bond acceptors (Lipinski definition) is 3. The molecule has 2 aromatic rings. The molecular formula is C22H18Br2N2O3S. The van der Waals surface area contributed by atoms with Gasteiger partial charge in [-0.25, -0.2) is 4.99 Å². The molecule has 1 aliphatic carbocycles. The maximum atomic E-state index is 13.0. The lowest BCUT2D eigenvalue weighted by molar-refractivity contribution is -0.111. The smallest absolute Gasteiger partial charge is 0.284 e. The van der Waals surface area contributed by atoms with Crippen LogP contribution in [0.5, 0.6) is 0 Å². The van der Waals surface area contributed by atoms with Gasteiger partial charge in [-0.05, 0) is 75.9 Å². The number of amidine groups is 1. The fourth-order valence-corrected chi connectivity index (χ4v) is 4.80. The normalized spacial score (nSPS) is 15.7. The molecule has 0 bridgehead atoms. The molecule has 1 aliphatic rings. The molecule has 0 heterocycles. The second-order valence-corrected chi connectivity index (χ2v) is 9.93. The summed E-state index contributed by atoms with van der Waals surface area (Å²) in [4.78, 5) is 17.0. The van der Waals surface area contributed by atoms with Crippen LogP contribution in [0.4, 0.5) is 0 Å². The van der Waals surface area contributed by atoms with E-state index < -0.39 is 10.0 Å². The summed E-state index contributed by atoms with van der Waals surface area (Å²) in [5, 5.41) is 0. The zero-order chi connectivity index (χ0) is 22.1. The monoisotopic (exact) mass is 548 g/mol. The molecule has 0 fully saturated rings. The van der Waals surface area contributed by atoms with Crippen LogP contribution in [0, 0.1) is 6.92 Å². The topological polar surface area (TPSA) is 75.9 Å². The number of hydrogen-bond donors (Lipinski definition) is 0. The lowest BCUT2D eigenvalue weighted by Crippen LogP contribution is -2.19. The van der Waals surface area contributed by atoms with E-state index in [4.69, 9.17) is 0 Å². The van der Waals surface area contributed by atoms with Crippen molar-refractivity contribution in [3.63, 3.8) is 0 Å². The first-order chi connectivity index (χ1) is 14.1. The Balaban J connectivity index is 2.23. The fraction of sp³-hybridized carbons (Fsp3) is 0.136. The largest absolute Gasteiger partial charge is 0.287 e. The summed E-state index contributed by atoms with van der Waals surface area (Å²) in [6.45, 7) is 5.38. The van der Waals surface area contributed by atoms with Crippen LogP contribution in [-0.4, -0.2) is 25.7 Å². The highest BCUT2D eigenvalue weighted by atomic mass is 79.9. The minimum atomic E-state index is -3.99. The number of carbonyl (C=O) groups excluding carboxylic acids is 1. The predicted molar refractivity (Wildman–Crippen MR) is 127 cm³/mol. The van der Waals surface area contributed by atoms with E-state index in [1.165, 1.54) is 12.1 Å². The van der Waals surface area contributed by atoms with Gasteiger partial charge in [0.15, 0.2) is 5.84 Å². The maximum Gasteiger partial charge on any atom is 0.284 e. The highest BCUT2D eigenvalue weighted by Crippen LogP contribution is 2.32. The Morgan fingerprint density at radius 2 is 1.37 bits per heavy atom. The van der Waals surface area contributed by atoms with Crippen molar-refractivity contribution in [3.05, 3.63) is 85.8 Å². The highest BCUT2D eigenvalue weighted by Gasteiger charge is 2.27. The molecule has 0 unspecified atom stereocenters. The second-order valence-electron chi connectivity index (χ2n) is 6.74. The molecule has 5 nitrogen and oxygen atoms in total. The van der Waals surface area contributed by atoms with Gasteiger partial charge in [0.2, 0.25) is 5.78 Å². The molecule has 8 heteroatoms.